The van der Waals surface area contributed by atoms with Crippen molar-refractivity contribution in [2.45, 2.75) is 44.4 Å². The van der Waals surface area contributed by atoms with Crippen LogP contribution in [-0.2, 0) is 10.2 Å². The number of carbonyl (C=O) groups is 1. The molecule has 1 saturated carbocycles. The van der Waals surface area contributed by atoms with Crippen molar-refractivity contribution in [1.82, 2.24) is 0 Å². The Balaban J connectivity index is 2.13. The molecule has 2 aromatic carbocycles. The van der Waals surface area contributed by atoms with Crippen LogP contribution in [0.5, 0.6) is 0 Å². The number of ketones is 1. The molecule has 0 aliphatic heterocycles. The maximum atomic E-state index is 12.5. The molecule has 1 aliphatic rings. The molecule has 0 aromatic heterocycles. The highest BCUT2D eigenvalue weighted by Crippen LogP contribution is 2.40. The minimum atomic E-state index is -0.220. The summed E-state index contributed by atoms with van der Waals surface area (Å²) in [5, 5.41) is 2.49. The third-order valence-corrected chi connectivity index (χ3v) is 4.70. The predicted octanol–water partition coefficient (Wildman–Crippen LogP) is 4.63. The lowest BCUT2D eigenvalue weighted by Crippen LogP contribution is -2.37. The molecule has 1 heteroatoms. The Morgan fingerprint density at radius 2 is 1.84 bits per heavy atom. The van der Waals surface area contributed by atoms with Gasteiger partial charge in [0.25, 0.3) is 0 Å². The van der Waals surface area contributed by atoms with Crippen LogP contribution in [0.15, 0.2) is 42.5 Å². The highest BCUT2D eigenvalue weighted by molar-refractivity contribution is 5.92. The number of hydrogen-bond acceptors (Lipinski definition) is 1. The van der Waals surface area contributed by atoms with Crippen LogP contribution in [0.3, 0.4) is 0 Å². The summed E-state index contributed by atoms with van der Waals surface area (Å²) in [6.45, 7) is 2.15. The molecule has 0 amide bonds. The second kappa shape index (κ2) is 4.80. The Labute approximate surface area is 114 Å². The van der Waals surface area contributed by atoms with E-state index in [0.29, 0.717) is 5.78 Å². The minimum Gasteiger partial charge on any atom is -0.299 e. The van der Waals surface area contributed by atoms with Crippen LogP contribution in [-0.4, -0.2) is 5.78 Å². The summed E-state index contributed by atoms with van der Waals surface area (Å²) < 4.78 is 0. The number of Topliss-reactive ketones (excluding diaryl/α,β-unsaturated/α-hetero) is 1. The fourth-order valence-electron chi connectivity index (χ4n) is 3.46. The van der Waals surface area contributed by atoms with Gasteiger partial charge in [-0.15, -0.1) is 0 Å². The lowest BCUT2D eigenvalue weighted by molar-refractivity contribution is -0.126. The van der Waals surface area contributed by atoms with Crippen molar-refractivity contribution in [3.05, 3.63) is 48.0 Å². The van der Waals surface area contributed by atoms with Gasteiger partial charge < -0.3 is 0 Å². The van der Waals surface area contributed by atoms with Gasteiger partial charge in [-0.25, -0.2) is 0 Å². The van der Waals surface area contributed by atoms with Gasteiger partial charge in [-0.1, -0.05) is 55.8 Å². The first-order chi connectivity index (χ1) is 9.26. The quantitative estimate of drug-likeness (QED) is 0.761. The van der Waals surface area contributed by atoms with Crippen molar-refractivity contribution in [1.29, 1.82) is 0 Å². The molecule has 0 N–H and O–H groups in total. The van der Waals surface area contributed by atoms with Gasteiger partial charge >= 0.3 is 0 Å². The highest BCUT2D eigenvalue weighted by atomic mass is 16.1. The van der Waals surface area contributed by atoms with Gasteiger partial charge in [-0.2, -0.15) is 0 Å². The Kier molecular flexibility index (Phi) is 3.14. The first-order valence-corrected chi connectivity index (χ1v) is 7.29. The Bertz CT molecular complexity index is 614. The molecule has 1 unspecified atom stereocenters. The van der Waals surface area contributed by atoms with Gasteiger partial charge in [-0.05, 0) is 35.6 Å². The van der Waals surface area contributed by atoms with Gasteiger partial charge in [0.2, 0.25) is 0 Å². The zero-order chi connectivity index (χ0) is 13.3. The van der Waals surface area contributed by atoms with Gasteiger partial charge in [0.1, 0.15) is 5.78 Å². The van der Waals surface area contributed by atoms with Crippen molar-refractivity contribution >= 4 is 16.6 Å². The van der Waals surface area contributed by atoms with Crippen LogP contribution < -0.4 is 0 Å². The second-order valence-corrected chi connectivity index (χ2v) is 5.63. The third-order valence-electron chi connectivity index (χ3n) is 4.70. The molecular weight excluding hydrogens is 232 g/mol. The van der Waals surface area contributed by atoms with E-state index in [4.69, 9.17) is 0 Å². The number of benzene rings is 2. The van der Waals surface area contributed by atoms with E-state index in [1.54, 1.807) is 0 Å². The van der Waals surface area contributed by atoms with Crippen molar-refractivity contribution in [2.24, 2.45) is 0 Å². The van der Waals surface area contributed by atoms with Gasteiger partial charge in [-0.3, -0.25) is 4.79 Å². The van der Waals surface area contributed by atoms with Crippen LogP contribution >= 0.6 is 0 Å². The van der Waals surface area contributed by atoms with Crippen molar-refractivity contribution in [3.8, 4) is 0 Å². The van der Waals surface area contributed by atoms with Gasteiger partial charge in [0.05, 0.1) is 5.41 Å². The summed E-state index contributed by atoms with van der Waals surface area (Å²) in [5.41, 5.74) is 1.00. The Morgan fingerprint density at radius 1 is 1.05 bits per heavy atom. The second-order valence-electron chi connectivity index (χ2n) is 5.63. The molecule has 98 valence electrons. The predicted molar refractivity (Wildman–Crippen MR) is 79.4 cm³/mol. The van der Waals surface area contributed by atoms with E-state index in [2.05, 4.69) is 49.4 Å². The van der Waals surface area contributed by atoms with Gasteiger partial charge in [0, 0.05) is 6.42 Å². The van der Waals surface area contributed by atoms with E-state index in [0.717, 1.165) is 25.7 Å². The van der Waals surface area contributed by atoms with E-state index >= 15 is 0 Å². The standard InChI is InChI=1S/C18H20O/c1-2-18(12-6-5-9-17(18)19)16-11-10-14-7-3-4-8-15(14)13-16/h3-4,7-8,10-11,13H,2,5-6,9,12H2,1H3. The molecule has 0 radical (unpaired) electrons. The molecule has 1 atom stereocenters. The van der Waals surface area contributed by atoms with Crippen LogP contribution in [0.25, 0.3) is 10.8 Å². The number of fused-ring (bicyclic) bond motifs is 1. The fraction of sp³-hybridized carbons (Fsp3) is 0.389. The van der Waals surface area contributed by atoms with E-state index in [1.807, 2.05) is 0 Å². The Morgan fingerprint density at radius 3 is 2.58 bits per heavy atom. The zero-order valence-electron chi connectivity index (χ0n) is 11.5. The lowest BCUT2D eigenvalue weighted by atomic mass is 9.66. The molecule has 1 nitrogen and oxygen atoms in total. The monoisotopic (exact) mass is 252 g/mol. The first-order valence-electron chi connectivity index (χ1n) is 7.29. The topological polar surface area (TPSA) is 17.1 Å². The van der Waals surface area contributed by atoms with Crippen LogP contribution in [0, 0.1) is 0 Å². The van der Waals surface area contributed by atoms with E-state index in [-0.39, 0.29) is 5.41 Å². The summed E-state index contributed by atoms with van der Waals surface area (Å²) in [6.07, 6.45) is 4.92. The average molecular weight is 252 g/mol. The molecule has 3 rings (SSSR count). The van der Waals surface area contributed by atoms with Crippen LogP contribution in [0.2, 0.25) is 0 Å². The van der Waals surface area contributed by atoms with Crippen LogP contribution in [0.4, 0.5) is 0 Å². The molecule has 0 spiro atoms. The molecular formula is C18H20O. The average Bonchev–Trinajstić information content (AvgIpc) is 2.47. The molecule has 0 heterocycles. The minimum absolute atomic E-state index is 0.220. The molecule has 2 aromatic rings. The van der Waals surface area contributed by atoms with Gasteiger partial charge in [0.15, 0.2) is 0 Å². The highest BCUT2D eigenvalue weighted by Gasteiger charge is 2.39. The third kappa shape index (κ3) is 1.98. The molecule has 0 saturated heterocycles. The zero-order valence-corrected chi connectivity index (χ0v) is 11.5. The normalized spacial score (nSPS) is 23.7. The first kappa shape index (κ1) is 12.4. The summed E-state index contributed by atoms with van der Waals surface area (Å²) >= 11 is 0. The molecule has 0 bridgehead atoms. The maximum Gasteiger partial charge on any atom is 0.143 e. The smallest absolute Gasteiger partial charge is 0.143 e. The number of rotatable bonds is 2. The summed E-state index contributed by atoms with van der Waals surface area (Å²) in [5.74, 6) is 0.441. The number of hydrogen-bond donors (Lipinski definition) is 0. The molecule has 1 aliphatic carbocycles. The molecule has 1 fully saturated rings. The number of carbonyl (C=O) groups excluding carboxylic acids is 1. The van der Waals surface area contributed by atoms with E-state index < -0.39 is 0 Å². The summed E-state index contributed by atoms with van der Waals surface area (Å²) in [7, 11) is 0. The summed E-state index contributed by atoms with van der Waals surface area (Å²) in [6, 6.07) is 14.9. The van der Waals surface area contributed by atoms with Crippen molar-refractivity contribution in [2.75, 3.05) is 0 Å². The van der Waals surface area contributed by atoms with Crippen molar-refractivity contribution in [3.63, 3.8) is 0 Å². The van der Waals surface area contributed by atoms with E-state index in [9.17, 15) is 4.79 Å². The lowest BCUT2D eigenvalue weighted by Gasteiger charge is -2.35. The SMILES string of the molecule is CCC1(c2ccc3ccccc3c2)CCCCC1=O. The largest absolute Gasteiger partial charge is 0.299 e. The summed E-state index contributed by atoms with van der Waals surface area (Å²) in [4.78, 5) is 12.5. The Hall–Kier alpha value is -1.63. The van der Waals surface area contributed by atoms with Crippen LogP contribution in [0.1, 0.15) is 44.6 Å². The fourth-order valence-corrected chi connectivity index (χ4v) is 3.46. The van der Waals surface area contributed by atoms with Crippen molar-refractivity contribution < 1.29 is 4.79 Å². The maximum absolute atomic E-state index is 12.5. The van der Waals surface area contributed by atoms with E-state index in [1.165, 1.54) is 22.8 Å². The molecule has 19 heavy (non-hydrogen) atoms.